The summed E-state index contributed by atoms with van der Waals surface area (Å²) >= 11 is 0. The summed E-state index contributed by atoms with van der Waals surface area (Å²) in [6.07, 6.45) is 0. The van der Waals surface area contributed by atoms with Gasteiger partial charge in [-0.05, 0) is 17.2 Å². The molecule has 0 amide bonds. The zero-order valence-electron chi connectivity index (χ0n) is 12.2. The van der Waals surface area contributed by atoms with E-state index in [4.69, 9.17) is 0 Å². The number of rotatable bonds is 5. The van der Waals surface area contributed by atoms with Gasteiger partial charge in [0.25, 0.3) is 0 Å². The van der Waals surface area contributed by atoms with Crippen LogP contribution in [-0.2, 0) is 20.4 Å². The van der Waals surface area contributed by atoms with Crippen LogP contribution in [0.25, 0.3) is 11.1 Å². The fourth-order valence-electron chi connectivity index (χ4n) is 2.36. The molecule has 4 N–H and O–H groups in total. The van der Waals surface area contributed by atoms with E-state index in [2.05, 4.69) is 0 Å². The number of hydrogen-bond donors (Lipinski definition) is 4. The summed E-state index contributed by atoms with van der Waals surface area (Å²) < 4.78 is 0. The summed E-state index contributed by atoms with van der Waals surface area (Å²) in [6.45, 7) is 0. The number of carbonyl (C=O) groups is 4. The topological polar surface area (TPSA) is 149 Å². The second-order valence-corrected chi connectivity index (χ2v) is 4.68. The Labute approximate surface area is 154 Å². The van der Waals surface area contributed by atoms with Gasteiger partial charge in [0.2, 0.25) is 0 Å². The van der Waals surface area contributed by atoms with Gasteiger partial charge in [0, 0.05) is 20.4 Å². The standard InChI is InChI=1S/C16H10O8.Pd/c17-13(18)9-6-8(7-4-2-1-3-5-7)10(14(19)20)12(16(23)24)11(9)15(21)22;/h1-6H,(H,17,18)(H,19,20)(H,21,22)(H,23,24);. The molecule has 0 aromatic heterocycles. The van der Waals surface area contributed by atoms with Gasteiger partial charge in [0.1, 0.15) is 0 Å². The molecule has 0 unspecified atom stereocenters. The van der Waals surface area contributed by atoms with Crippen molar-refractivity contribution in [3.05, 3.63) is 58.7 Å². The van der Waals surface area contributed by atoms with Gasteiger partial charge >= 0.3 is 23.9 Å². The molecule has 0 atom stereocenters. The summed E-state index contributed by atoms with van der Waals surface area (Å²) in [4.78, 5) is 45.8. The second-order valence-electron chi connectivity index (χ2n) is 4.68. The fraction of sp³-hybridized carbons (Fsp3) is 0. The quantitative estimate of drug-likeness (QED) is 0.521. The molecule has 0 radical (unpaired) electrons. The molecule has 0 fully saturated rings. The summed E-state index contributed by atoms with van der Waals surface area (Å²) in [5, 5.41) is 37.1. The van der Waals surface area contributed by atoms with E-state index in [1.165, 1.54) is 12.1 Å². The van der Waals surface area contributed by atoms with Gasteiger partial charge in [-0.3, -0.25) is 0 Å². The third kappa shape index (κ3) is 3.74. The van der Waals surface area contributed by atoms with Crippen molar-refractivity contribution in [2.45, 2.75) is 0 Å². The first-order valence-electron chi connectivity index (χ1n) is 6.45. The molecular weight excluding hydrogens is 427 g/mol. The molecule has 0 heterocycles. The molecule has 132 valence electrons. The summed E-state index contributed by atoms with van der Waals surface area (Å²) in [5.74, 6) is -7.04. The molecule has 9 heteroatoms. The van der Waals surface area contributed by atoms with Crippen LogP contribution in [0.3, 0.4) is 0 Å². The van der Waals surface area contributed by atoms with Crippen molar-refractivity contribution in [2.24, 2.45) is 0 Å². The van der Waals surface area contributed by atoms with Crippen LogP contribution in [0.1, 0.15) is 41.4 Å². The summed E-state index contributed by atoms with van der Waals surface area (Å²) in [7, 11) is 0. The Morgan fingerprint density at radius 2 is 1.12 bits per heavy atom. The van der Waals surface area contributed by atoms with Crippen LogP contribution in [0.2, 0.25) is 0 Å². The van der Waals surface area contributed by atoms with E-state index in [9.17, 15) is 39.6 Å². The van der Waals surface area contributed by atoms with E-state index in [0.29, 0.717) is 0 Å². The molecule has 0 saturated carbocycles. The van der Waals surface area contributed by atoms with Crippen molar-refractivity contribution in [3.8, 4) is 11.1 Å². The van der Waals surface area contributed by atoms with Crippen LogP contribution < -0.4 is 0 Å². The van der Waals surface area contributed by atoms with Gasteiger partial charge in [0.15, 0.2) is 0 Å². The zero-order chi connectivity index (χ0) is 18.0. The van der Waals surface area contributed by atoms with Crippen molar-refractivity contribution in [3.63, 3.8) is 0 Å². The van der Waals surface area contributed by atoms with Crippen molar-refractivity contribution in [1.29, 1.82) is 0 Å². The van der Waals surface area contributed by atoms with E-state index in [1.807, 2.05) is 0 Å². The Kier molecular flexibility index (Phi) is 6.17. The first-order valence-corrected chi connectivity index (χ1v) is 6.45. The molecule has 0 spiro atoms. The molecule has 0 aliphatic heterocycles. The zero-order valence-corrected chi connectivity index (χ0v) is 13.8. The number of carboxylic acid groups (broad SMARTS) is 4. The summed E-state index contributed by atoms with van der Waals surface area (Å²) in [5.41, 5.74) is -3.68. The minimum Gasteiger partial charge on any atom is -0.478 e. The normalized spacial score (nSPS) is 9.76. The van der Waals surface area contributed by atoms with Gasteiger partial charge in [-0.1, -0.05) is 30.3 Å². The van der Waals surface area contributed by atoms with E-state index in [0.717, 1.165) is 6.07 Å². The van der Waals surface area contributed by atoms with Crippen molar-refractivity contribution < 1.29 is 60.0 Å². The fourth-order valence-corrected chi connectivity index (χ4v) is 2.36. The predicted octanol–water partition coefficient (Wildman–Crippen LogP) is 2.14. The monoisotopic (exact) mass is 436 g/mol. The van der Waals surface area contributed by atoms with Gasteiger partial charge in [-0.25, -0.2) is 19.2 Å². The first kappa shape index (κ1) is 20.0. The molecular formula is C16H10O8Pd. The van der Waals surface area contributed by atoms with Crippen LogP contribution >= 0.6 is 0 Å². The van der Waals surface area contributed by atoms with E-state index in [1.54, 1.807) is 18.2 Å². The summed E-state index contributed by atoms with van der Waals surface area (Å²) in [6, 6.07) is 8.50. The van der Waals surface area contributed by atoms with Crippen LogP contribution in [0.5, 0.6) is 0 Å². The Hall–Kier alpha value is -3.02. The maximum atomic E-state index is 11.6. The predicted molar refractivity (Wildman–Crippen MR) is 79.7 cm³/mol. The van der Waals surface area contributed by atoms with E-state index in [-0.39, 0.29) is 31.5 Å². The third-order valence-corrected chi connectivity index (χ3v) is 3.28. The number of carboxylic acids is 4. The van der Waals surface area contributed by atoms with E-state index < -0.39 is 46.1 Å². The SMILES string of the molecule is O=C(O)c1cc(-c2ccccc2)c(C(=O)O)c(C(=O)O)c1C(=O)O.[Pd]. The molecule has 0 aliphatic rings. The van der Waals surface area contributed by atoms with Crippen molar-refractivity contribution >= 4 is 23.9 Å². The molecule has 2 aromatic carbocycles. The average Bonchev–Trinajstić information content (AvgIpc) is 2.53. The average molecular weight is 437 g/mol. The number of aromatic carboxylic acids is 4. The van der Waals surface area contributed by atoms with Gasteiger partial charge < -0.3 is 20.4 Å². The van der Waals surface area contributed by atoms with Crippen LogP contribution in [-0.4, -0.2) is 44.3 Å². The Morgan fingerprint density at radius 1 is 0.640 bits per heavy atom. The van der Waals surface area contributed by atoms with Gasteiger partial charge in [0.05, 0.1) is 22.3 Å². The molecule has 2 aromatic rings. The largest absolute Gasteiger partial charge is 0.478 e. The molecule has 25 heavy (non-hydrogen) atoms. The van der Waals surface area contributed by atoms with Crippen LogP contribution in [0.4, 0.5) is 0 Å². The molecule has 0 aliphatic carbocycles. The maximum Gasteiger partial charge on any atom is 0.337 e. The van der Waals surface area contributed by atoms with Crippen molar-refractivity contribution in [1.82, 2.24) is 0 Å². The number of hydrogen-bond acceptors (Lipinski definition) is 4. The Morgan fingerprint density at radius 3 is 1.52 bits per heavy atom. The van der Waals surface area contributed by atoms with Crippen molar-refractivity contribution in [2.75, 3.05) is 0 Å². The van der Waals surface area contributed by atoms with Crippen LogP contribution in [0.15, 0.2) is 36.4 Å². The molecule has 8 nitrogen and oxygen atoms in total. The minimum absolute atomic E-state index is 0. The molecule has 0 saturated heterocycles. The Balaban J connectivity index is 0.00000312. The maximum absolute atomic E-state index is 11.6. The third-order valence-electron chi connectivity index (χ3n) is 3.28. The first-order chi connectivity index (χ1) is 11.3. The number of benzene rings is 2. The Bertz CT molecular complexity index is 873. The molecule has 2 rings (SSSR count). The molecule has 0 bridgehead atoms. The van der Waals surface area contributed by atoms with Crippen LogP contribution in [0, 0.1) is 0 Å². The smallest absolute Gasteiger partial charge is 0.337 e. The second kappa shape index (κ2) is 7.70. The minimum atomic E-state index is -1.84. The van der Waals surface area contributed by atoms with Gasteiger partial charge in [-0.15, -0.1) is 0 Å². The van der Waals surface area contributed by atoms with Gasteiger partial charge in [-0.2, -0.15) is 0 Å². The van der Waals surface area contributed by atoms with E-state index >= 15 is 0 Å².